The molecule has 0 aliphatic rings. The summed E-state index contributed by atoms with van der Waals surface area (Å²) in [4.78, 5) is 4.01. The molecule has 3 nitrogen and oxygen atoms in total. The molecule has 4 aromatic rings. The maximum atomic E-state index is 13.0. The third kappa shape index (κ3) is 4.83. The zero-order chi connectivity index (χ0) is 21.4. The summed E-state index contributed by atoms with van der Waals surface area (Å²) >= 11 is 0. The standard InChI is InChI=1S/C19H12F3N3.2C2H6/c20-19(21,22)15-6-7-16-17(13-8-10-23-11-9-13)18(24-25(16)12-15)14-4-2-1-3-5-14;2*1-2/h1-12H;2*1-2H3. The van der Waals surface area contributed by atoms with Crippen molar-refractivity contribution in [2.75, 3.05) is 0 Å². The summed E-state index contributed by atoms with van der Waals surface area (Å²) in [5.74, 6) is 0. The summed E-state index contributed by atoms with van der Waals surface area (Å²) in [6.45, 7) is 8.00. The highest BCUT2D eigenvalue weighted by Gasteiger charge is 2.31. The Balaban J connectivity index is 0.000000707. The molecular formula is C23H24F3N3. The van der Waals surface area contributed by atoms with Gasteiger partial charge in [0.15, 0.2) is 0 Å². The lowest BCUT2D eigenvalue weighted by Gasteiger charge is -2.07. The van der Waals surface area contributed by atoms with Gasteiger partial charge in [0.25, 0.3) is 0 Å². The Labute approximate surface area is 168 Å². The van der Waals surface area contributed by atoms with Gasteiger partial charge >= 0.3 is 6.18 Å². The second-order valence-electron chi connectivity index (χ2n) is 5.57. The molecule has 0 atom stereocenters. The molecule has 3 aromatic heterocycles. The Morgan fingerprint density at radius 3 is 1.97 bits per heavy atom. The normalized spacial score (nSPS) is 10.6. The Morgan fingerprint density at radius 2 is 1.38 bits per heavy atom. The lowest BCUT2D eigenvalue weighted by atomic mass is 10.0. The molecule has 29 heavy (non-hydrogen) atoms. The van der Waals surface area contributed by atoms with Crippen molar-refractivity contribution < 1.29 is 13.2 Å². The second-order valence-corrected chi connectivity index (χ2v) is 5.57. The second kappa shape index (κ2) is 9.87. The first-order chi connectivity index (χ1) is 14.0. The Hall–Kier alpha value is -3.15. The third-order valence-corrected chi connectivity index (χ3v) is 3.97. The molecule has 0 aliphatic carbocycles. The van der Waals surface area contributed by atoms with Crippen LogP contribution in [0.2, 0.25) is 0 Å². The van der Waals surface area contributed by atoms with Gasteiger partial charge in [-0.2, -0.15) is 18.3 Å². The van der Waals surface area contributed by atoms with Gasteiger partial charge in [-0.25, -0.2) is 4.52 Å². The summed E-state index contributed by atoms with van der Waals surface area (Å²) in [7, 11) is 0. The van der Waals surface area contributed by atoms with Gasteiger partial charge in [0.05, 0.1) is 11.1 Å². The minimum absolute atomic E-state index is 0.609. The van der Waals surface area contributed by atoms with Gasteiger partial charge in [0.1, 0.15) is 5.69 Å². The molecule has 6 heteroatoms. The van der Waals surface area contributed by atoms with E-state index in [0.29, 0.717) is 11.2 Å². The molecule has 3 heterocycles. The van der Waals surface area contributed by atoms with Crippen molar-refractivity contribution in [3.8, 4) is 22.4 Å². The van der Waals surface area contributed by atoms with Crippen LogP contribution in [-0.4, -0.2) is 14.6 Å². The minimum atomic E-state index is -4.41. The summed E-state index contributed by atoms with van der Waals surface area (Å²) in [5, 5.41) is 4.43. The molecule has 0 saturated heterocycles. The van der Waals surface area contributed by atoms with Crippen LogP contribution in [-0.2, 0) is 6.18 Å². The minimum Gasteiger partial charge on any atom is -0.265 e. The van der Waals surface area contributed by atoms with E-state index in [1.165, 1.54) is 10.6 Å². The average molecular weight is 399 g/mol. The smallest absolute Gasteiger partial charge is 0.265 e. The highest BCUT2D eigenvalue weighted by atomic mass is 19.4. The lowest BCUT2D eigenvalue weighted by molar-refractivity contribution is -0.137. The number of halogens is 3. The molecule has 0 unspecified atom stereocenters. The Morgan fingerprint density at radius 1 is 0.759 bits per heavy atom. The number of hydrogen-bond donors (Lipinski definition) is 0. The highest BCUT2D eigenvalue weighted by Crippen LogP contribution is 2.36. The fourth-order valence-electron chi connectivity index (χ4n) is 2.82. The average Bonchev–Trinajstić information content (AvgIpc) is 3.16. The van der Waals surface area contributed by atoms with Crippen molar-refractivity contribution in [3.05, 3.63) is 78.8 Å². The van der Waals surface area contributed by atoms with Crippen molar-refractivity contribution in [2.45, 2.75) is 33.9 Å². The molecule has 0 spiro atoms. The van der Waals surface area contributed by atoms with Gasteiger partial charge in [-0.3, -0.25) is 4.98 Å². The van der Waals surface area contributed by atoms with Crippen LogP contribution in [0, 0.1) is 0 Å². The zero-order valence-electron chi connectivity index (χ0n) is 16.9. The van der Waals surface area contributed by atoms with Crippen LogP contribution in [0.25, 0.3) is 27.9 Å². The van der Waals surface area contributed by atoms with Crippen molar-refractivity contribution in [1.82, 2.24) is 14.6 Å². The molecule has 1 aromatic carbocycles. The van der Waals surface area contributed by atoms with E-state index >= 15 is 0 Å². The third-order valence-electron chi connectivity index (χ3n) is 3.97. The molecule has 4 rings (SSSR count). The van der Waals surface area contributed by atoms with E-state index in [9.17, 15) is 13.2 Å². The number of fused-ring (bicyclic) bond motifs is 1. The topological polar surface area (TPSA) is 30.2 Å². The highest BCUT2D eigenvalue weighted by molar-refractivity contribution is 5.92. The first-order valence-electron chi connectivity index (χ1n) is 9.59. The first kappa shape index (κ1) is 22.1. The number of alkyl halides is 3. The number of nitrogens with zero attached hydrogens (tertiary/aromatic N) is 3. The number of benzene rings is 1. The van der Waals surface area contributed by atoms with Gasteiger partial charge in [-0.1, -0.05) is 58.0 Å². The first-order valence-corrected chi connectivity index (χ1v) is 9.59. The van der Waals surface area contributed by atoms with Gasteiger partial charge < -0.3 is 0 Å². The van der Waals surface area contributed by atoms with Crippen LogP contribution in [0.3, 0.4) is 0 Å². The fraction of sp³-hybridized carbons (Fsp3) is 0.217. The Bertz CT molecular complexity index is 1020. The van der Waals surface area contributed by atoms with E-state index in [2.05, 4.69) is 10.1 Å². The zero-order valence-corrected chi connectivity index (χ0v) is 16.9. The van der Waals surface area contributed by atoms with Crippen molar-refractivity contribution in [2.24, 2.45) is 0 Å². The van der Waals surface area contributed by atoms with E-state index in [1.54, 1.807) is 12.4 Å². The van der Waals surface area contributed by atoms with E-state index in [0.717, 1.165) is 29.0 Å². The predicted octanol–water partition coefficient (Wildman–Crippen LogP) is 7.13. The molecule has 0 radical (unpaired) electrons. The Kier molecular flexibility index (Phi) is 7.53. The summed E-state index contributed by atoms with van der Waals surface area (Å²) < 4.78 is 40.4. The summed E-state index contributed by atoms with van der Waals surface area (Å²) in [6.07, 6.45) is -0.0915. The maximum absolute atomic E-state index is 13.0. The van der Waals surface area contributed by atoms with Crippen LogP contribution >= 0.6 is 0 Å². The largest absolute Gasteiger partial charge is 0.417 e. The lowest BCUT2D eigenvalue weighted by Crippen LogP contribution is -2.06. The van der Waals surface area contributed by atoms with Crippen LogP contribution in [0.15, 0.2) is 73.2 Å². The number of hydrogen-bond acceptors (Lipinski definition) is 2. The quantitative estimate of drug-likeness (QED) is 0.359. The van der Waals surface area contributed by atoms with Crippen LogP contribution in [0.4, 0.5) is 13.2 Å². The van der Waals surface area contributed by atoms with E-state index in [-0.39, 0.29) is 0 Å². The summed E-state index contributed by atoms with van der Waals surface area (Å²) in [6, 6.07) is 15.6. The number of rotatable bonds is 2. The monoisotopic (exact) mass is 399 g/mol. The van der Waals surface area contributed by atoms with Gasteiger partial charge in [-0.05, 0) is 29.8 Å². The number of aromatic nitrogens is 3. The van der Waals surface area contributed by atoms with Gasteiger partial charge in [-0.15, -0.1) is 0 Å². The van der Waals surface area contributed by atoms with Crippen LogP contribution in [0.1, 0.15) is 33.3 Å². The molecular weight excluding hydrogens is 375 g/mol. The van der Waals surface area contributed by atoms with Crippen molar-refractivity contribution in [3.63, 3.8) is 0 Å². The molecule has 0 bridgehead atoms. The molecule has 152 valence electrons. The van der Waals surface area contributed by atoms with Gasteiger partial charge in [0.2, 0.25) is 0 Å². The van der Waals surface area contributed by atoms with E-state index < -0.39 is 11.7 Å². The molecule has 0 amide bonds. The summed E-state index contributed by atoms with van der Waals surface area (Å²) in [5.41, 5.74) is 2.98. The van der Waals surface area contributed by atoms with Crippen LogP contribution < -0.4 is 0 Å². The van der Waals surface area contributed by atoms with E-state index in [1.807, 2.05) is 70.2 Å². The van der Waals surface area contributed by atoms with E-state index in [4.69, 9.17) is 0 Å². The van der Waals surface area contributed by atoms with Crippen LogP contribution in [0.5, 0.6) is 0 Å². The predicted molar refractivity (Wildman–Crippen MR) is 112 cm³/mol. The van der Waals surface area contributed by atoms with Crippen molar-refractivity contribution >= 4 is 5.52 Å². The molecule has 0 aliphatic heterocycles. The molecule has 0 fully saturated rings. The molecule has 0 saturated carbocycles. The van der Waals surface area contributed by atoms with Crippen molar-refractivity contribution in [1.29, 1.82) is 0 Å². The number of pyridine rings is 2. The SMILES string of the molecule is CC.CC.FC(F)(F)c1ccc2c(-c3ccncc3)c(-c3ccccc3)nn2c1. The fourth-order valence-corrected chi connectivity index (χ4v) is 2.82. The van der Waals surface area contributed by atoms with Gasteiger partial charge in [0, 0.05) is 29.7 Å². The maximum Gasteiger partial charge on any atom is 0.417 e. The molecule has 0 N–H and O–H groups in total.